The van der Waals surface area contributed by atoms with Gasteiger partial charge in [-0.25, -0.2) is 4.21 Å². The Kier molecular flexibility index (Phi) is 4.86. The Morgan fingerprint density at radius 2 is 1.22 bits per heavy atom. The maximum atomic E-state index is 11.0. The molecule has 0 saturated carbocycles. The Morgan fingerprint density at radius 1 is 0.739 bits per heavy atom. The lowest BCUT2D eigenvalue weighted by Crippen LogP contribution is -2.09. The minimum atomic E-state index is -1.98. The van der Waals surface area contributed by atoms with E-state index in [2.05, 4.69) is 0 Å². The molecule has 0 fully saturated rings. The molecule has 0 spiro atoms. The number of hydrogen-bond donors (Lipinski definition) is 1. The topological polar surface area (TPSA) is 46.5 Å². The van der Waals surface area contributed by atoms with Gasteiger partial charge in [0.2, 0.25) is 0 Å². The predicted molar refractivity (Wildman–Crippen MR) is 90.8 cm³/mol. The summed E-state index contributed by atoms with van der Waals surface area (Å²) in [6, 6.07) is 26.6. The summed E-state index contributed by atoms with van der Waals surface area (Å²) in [4.78, 5) is 0.355. The molecule has 0 aliphatic heterocycles. The standard InChI is InChI=1S/C19H16O3S/c20-23(21)18-13-11-17(12-14-18)22-19(15-7-3-1-4-8-15)16-9-5-2-6-10-16/h1-14,19H,(H,20,21). The van der Waals surface area contributed by atoms with Gasteiger partial charge in [-0.3, -0.25) is 0 Å². The lowest BCUT2D eigenvalue weighted by Gasteiger charge is -2.20. The van der Waals surface area contributed by atoms with E-state index in [1.807, 2.05) is 60.7 Å². The van der Waals surface area contributed by atoms with Crippen molar-refractivity contribution in [2.24, 2.45) is 0 Å². The number of rotatable bonds is 5. The summed E-state index contributed by atoms with van der Waals surface area (Å²) in [5.41, 5.74) is 2.10. The second-order valence-corrected chi connectivity index (χ2v) is 6.01. The summed E-state index contributed by atoms with van der Waals surface area (Å²) in [7, 11) is 0. The van der Waals surface area contributed by atoms with Gasteiger partial charge in [-0.1, -0.05) is 60.7 Å². The molecule has 0 heterocycles. The van der Waals surface area contributed by atoms with E-state index in [9.17, 15) is 4.21 Å². The van der Waals surface area contributed by atoms with Crippen molar-refractivity contribution in [3.8, 4) is 5.75 Å². The van der Waals surface area contributed by atoms with Gasteiger partial charge in [-0.05, 0) is 35.4 Å². The highest BCUT2D eigenvalue weighted by molar-refractivity contribution is 7.79. The summed E-state index contributed by atoms with van der Waals surface area (Å²) < 4.78 is 26.3. The van der Waals surface area contributed by atoms with Crippen LogP contribution in [0.3, 0.4) is 0 Å². The molecule has 1 N–H and O–H groups in total. The highest BCUT2D eigenvalue weighted by atomic mass is 32.2. The molecule has 0 aliphatic carbocycles. The van der Waals surface area contributed by atoms with E-state index in [1.165, 1.54) is 0 Å². The zero-order chi connectivity index (χ0) is 16.1. The van der Waals surface area contributed by atoms with E-state index in [-0.39, 0.29) is 6.10 Å². The number of benzene rings is 3. The van der Waals surface area contributed by atoms with Gasteiger partial charge in [0.15, 0.2) is 11.1 Å². The molecule has 3 aromatic rings. The summed E-state index contributed by atoms with van der Waals surface area (Å²) in [6.07, 6.45) is -0.233. The molecule has 0 aliphatic rings. The van der Waals surface area contributed by atoms with Crippen molar-refractivity contribution in [2.75, 3.05) is 0 Å². The van der Waals surface area contributed by atoms with Crippen LogP contribution < -0.4 is 4.74 Å². The molecular formula is C19H16O3S. The molecule has 0 amide bonds. The second-order valence-electron chi connectivity index (χ2n) is 5.04. The first-order valence-corrected chi connectivity index (χ1v) is 8.32. The van der Waals surface area contributed by atoms with Gasteiger partial charge >= 0.3 is 0 Å². The maximum Gasteiger partial charge on any atom is 0.186 e. The molecule has 3 rings (SSSR count). The lowest BCUT2D eigenvalue weighted by atomic mass is 10.0. The van der Waals surface area contributed by atoms with Crippen molar-refractivity contribution in [3.05, 3.63) is 96.1 Å². The monoisotopic (exact) mass is 324 g/mol. The van der Waals surface area contributed by atoms with Crippen molar-refractivity contribution in [2.45, 2.75) is 11.0 Å². The van der Waals surface area contributed by atoms with E-state index < -0.39 is 11.1 Å². The Labute approximate surface area is 137 Å². The normalized spacial score (nSPS) is 12.1. The van der Waals surface area contributed by atoms with Crippen LogP contribution in [0.5, 0.6) is 5.75 Å². The summed E-state index contributed by atoms with van der Waals surface area (Å²) in [5.74, 6) is 0.650. The van der Waals surface area contributed by atoms with Gasteiger partial charge in [0, 0.05) is 0 Å². The Hall–Kier alpha value is -2.43. The first-order valence-electron chi connectivity index (χ1n) is 7.21. The molecule has 0 radical (unpaired) electrons. The molecule has 3 aromatic carbocycles. The van der Waals surface area contributed by atoms with Gasteiger partial charge in [0.05, 0.1) is 4.90 Å². The first-order chi connectivity index (χ1) is 11.2. The van der Waals surface area contributed by atoms with E-state index in [1.54, 1.807) is 24.3 Å². The summed E-state index contributed by atoms with van der Waals surface area (Å²) in [5, 5.41) is 0. The van der Waals surface area contributed by atoms with Gasteiger partial charge in [0.1, 0.15) is 11.9 Å². The third-order valence-electron chi connectivity index (χ3n) is 3.48. The van der Waals surface area contributed by atoms with E-state index >= 15 is 0 Å². The fourth-order valence-electron chi connectivity index (χ4n) is 2.35. The minimum Gasteiger partial charge on any atom is -0.481 e. The fraction of sp³-hybridized carbons (Fsp3) is 0.0526. The quantitative estimate of drug-likeness (QED) is 0.706. The van der Waals surface area contributed by atoms with Crippen molar-refractivity contribution in [1.29, 1.82) is 0 Å². The van der Waals surface area contributed by atoms with Crippen LogP contribution in [0.25, 0.3) is 0 Å². The minimum absolute atomic E-state index is 0.233. The number of ether oxygens (including phenoxy) is 1. The molecule has 3 nitrogen and oxygen atoms in total. The summed E-state index contributed by atoms with van der Waals surface area (Å²) in [6.45, 7) is 0. The molecule has 1 atom stereocenters. The lowest BCUT2D eigenvalue weighted by molar-refractivity contribution is 0.247. The Morgan fingerprint density at radius 3 is 1.65 bits per heavy atom. The van der Waals surface area contributed by atoms with Crippen LogP contribution in [0.1, 0.15) is 17.2 Å². The average molecular weight is 324 g/mol. The average Bonchev–Trinajstić information content (AvgIpc) is 2.61. The van der Waals surface area contributed by atoms with Crippen LogP contribution >= 0.6 is 0 Å². The van der Waals surface area contributed by atoms with Gasteiger partial charge in [-0.15, -0.1) is 0 Å². The van der Waals surface area contributed by atoms with Gasteiger partial charge in [0.25, 0.3) is 0 Å². The molecular weight excluding hydrogens is 308 g/mol. The highest BCUT2D eigenvalue weighted by Crippen LogP contribution is 2.28. The highest BCUT2D eigenvalue weighted by Gasteiger charge is 2.15. The zero-order valence-electron chi connectivity index (χ0n) is 12.3. The third-order valence-corrected chi connectivity index (χ3v) is 4.16. The predicted octanol–water partition coefficient (Wildman–Crippen LogP) is 4.44. The Bertz CT molecular complexity index is 731. The first kappa shape index (κ1) is 15.5. The van der Waals surface area contributed by atoms with Gasteiger partial charge in [-0.2, -0.15) is 0 Å². The van der Waals surface area contributed by atoms with Crippen molar-refractivity contribution in [3.63, 3.8) is 0 Å². The molecule has 0 bridgehead atoms. The maximum absolute atomic E-state index is 11.0. The molecule has 116 valence electrons. The van der Waals surface area contributed by atoms with Crippen molar-refractivity contribution in [1.82, 2.24) is 0 Å². The SMILES string of the molecule is O=S(O)c1ccc(OC(c2ccccc2)c2ccccc2)cc1. The van der Waals surface area contributed by atoms with Crippen LogP contribution in [0.2, 0.25) is 0 Å². The van der Waals surface area contributed by atoms with E-state index in [0.29, 0.717) is 10.6 Å². The molecule has 23 heavy (non-hydrogen) atoms. The van der Waals surface area contributed by atoms with Crippen molar-refractivity contribution < 1.29 is 13.5 Å². The van der Waals surface area contributed by atoms with E-state index in [4.69, 9.17) is 9.29 Å². The molecule has 1 unspecified atom stereocenters. The second kappa shape index (κ2) is 7.22. The zero-order valence-corrected chi connectivity index (χ0v) is 13.1. The van der Waals surface area contributed by atoms with Crippen molar-refractivity contribution >= 4 is 11.1 Å². The van der Waals surface area contributed by atoms with Crippen LogP contribution in [-0.2, 0) is 11.1 Å². The molecule has 0 saturated heterocycles. The molecule has 4 heteroatoms. The third kappa shape index (κ3) is 3.86. The van der Waals surface area contributed by atoms with Crippen LogP contribution in [0.4, 0.5) is 0 Å². The van der Waals surface area contributed by atoms with E-state index in [0.717, 1.165) is 11.1 Å². The largest absolute Gasteiger partial charge is 0.481 e. The van der Waals surface area contributed by atoms with Crippen LogP contribution in [0, 0.1) is 0 Å². The van der Waals surface area contributed by atoms with Gasteiger partial charge < -0.3 is 9.29 Å². The summed E-state index contributed by atoms with van der Waals surface area (Å²) >= 11 is -1.98. The number of hydrogen-bond acceptors (Lipinski definition) is 2. The Balaban J connectivity index is 1.92. The van der Waals surface area contributed by atoms with Crippen LogP contribution in [-0.4, -0.2) is 8.76 Å². The smallest absolute Gasteiger partial charge is 0.186 e. The molecule has 0 aromatic heterocycles. The van der Waals surface area contributed by atoms with Crippen LogP contribution in [0.15, 0.2) is 89.8 Å². The fourth-order valence-corrected chi connectivity index (χ4v) is 2.72.